The summed E-state index contributed by atoms with van der Waals surface area (Å²) < 4.78 is 10.4. The number of carbonyl (C=O) groups excluding carboxylic acids is 2. The number of aromatic nitrogens is 2. The summed E-state index contributed by atoms with van der Waals surface area (Å²) in [6.07, 6.45) is 1.34. The van der Waals surface area contributed by atoms with E-state index in [1.165, 1.54) is 25.6 Å². The minimum Gasteiger partial charge on any atom is -0.503 e. The number of aromatic hydroxyl groups is 1. The summed E-state index contributed by atoms with van der Waals surface area (Å²) in [7, 11) is 2.73. The molecule has 9 heteroatoms. The summed E-state index contributed by atoms with van der Waals surface area (Å²) in [5.74, 6) is -1.15. The van der Waals surface area contributed by atoms with Crippen LogP contribution in [0.1, 0.15) is 35.8 Å². The van der Waals surface area contributed by atoms with E-state index in [1.807, 2.05) is 6.92 Å². The standard InChI is InChI=1S/C17H21N3O5S/c1-8(9(2)21)5-6-11-19-10(7-26-11)12-15(24-3)16(25-4)14(22)13(20-12)17(18)23/h7-8,22H,5-6H2,1-4H3,(H2,18,23). The van der Waals surface area contributed by atoms with Crippen LogP contribution in [0.4, 0.5) is 0 Å². The molecule has 0 saturated heterocycles. The third-order valence-corrected chi connectivity index (χ3v) is 4.91. The van der Waals surface area contributed by atoms with E-state index < -0.39 is 11.7 Å². The highest BCUT2D eigenvalue weighted by Gasteiger charge is 2.26. The van der Waals surface area contributed by atoms with Crippen LogP contribution in [0.3, 0.4) is 0 Å². The highest BCUT2D eigenvalue weighted by Crippen LogP contribution is 2.44. The number of thiazole rings is 1. The zero-order valence-corrected chi connectivity index (χ0v) is 15.8. The van der Waals surface area contributed by atoms with Crippen LogP contribution in [0, 0.1) is 5.92 Å². The number of methoxy groups -OCH3 is 2. The number of hydrogen-bond acceptors (Lipinski definition) is 8. The number of hydrogen-bond donors (Lipinski definition) is 2. The molecule has 0 aliphatic rings. The fourth-order valence-corrected chi connectivity index (χ4v) is 3.14. The number of primary amides is 1. The van der Waals surface area contributed by atoms with E-state index in [4.69, 9.17) is 15.2 Å². The van der Waals surface area contributed by atoms with Gasteiger partial charge in [-0.2, -0.15) is 0 Å². The molecule has 2 aromatic rings. The molecule has 2 heterocycles. The lowest BCUT2D eigenvalue weighted by atomic mass is 10.0. The van der Waals surface area contributed by atoms with E-state index in [0.717, 1.165) is 5.01 Å². The zero-order valence-electron chi connectivity index (χ0n) is 15.0. The van der Waals surface area contributed by atoms with Crippen molar-refractivity contribution in [1.82, 2.24) is 9.97 Å². The summed E-state index contributed by atoms with van der Waals surface area (Å²) in [4.78, 5) is 31.5. The van der Waals surface area contributed by atoms with Crippen LogP contribution in [0.2, 0.25) is 0 Å². The highest BCUT2D eigenvalue weighted by molar-refractivity contribution is 7.09. The molecule has 2 rings (SSSR count). The third kappa shape index (κ3) is 3.93. The Labute approximate surface area is 155 Å². The second-order valence-electron chi connectivity index (χ2n) is 5.77. The fourth-order valence-electron chi connectivity index (χ4n) is 2.34. The summed E-state index contributed by atoms with van der Waals surface area (Å²) >= 11 is 1.41. The summed E-state index contributed by atoms with van der Waals surface area (Å²) in [5.41, 5.74) is 5.68. The van der Waals surface area contributed by atoms with Crippen LogP contribution in [0.15, 0.2) is 5.38 Å². The van der Waals surface area contributed by atoms with Gasteiger partial charge in [0.1, 0.15) is 17.2 Å². The molecule has 1 amide bonds. The Morgan fingerprint density at radius 1 is 1.27 bits per heavy atom. The Balaban J connectivity index is 2.43. The zero-order chi connectivity index (χ0) is 19.4. The van der Waals surface area contributed by atoms with Gasteiger partial charge in [0.25, 0.3) is 5.91 Å². The van der Waals surface area contributed by atoms with Crippen LogP contribution in [-0.4, -0.2) is 41.0 Å². The maximum absolute atomic E-state index is 11.6. The lowest BCUT2D eigenvalue weighted by Crippen LogP contribution is -2.15. The van der Waals surface area contributed by atoms with Gasteiger partial charge in [0.2, 0.25) is 5.75 Å². The van der Waals surface area contributed by atoms with Crippen molar-refractivity contribution in [2.45, 2.75) is 26.7 Å². The topological polar surface area (TPSA) is 125 Å². The number of aryl methyl sites for hydroxylation is 1. The summed E-state index contributed by atoms with van der Waals surface area (Å²) in [6, 6.07) is 0. The second-order valence-corrected chi connectivity index (χ2v) is 6.71. The number of Topliss-reactive ketones (excluding diaryl/α,β-unsaturated/α-hetero) is 1. The van der Waals surface area contributed by atoms with Gasteiger partial charge in [0.15, 0.2) is 17.2 Å². The van der Waals surface area contributed by atoms with Crippen LogP contribution in [0.5, 0.6) is 17.2 Å². The van der Waals surface area contributed by atoms with Crippen molar-refractivity contribution < 1.29 is 24.2 Å². The largest absolute Gasteiger partial charge is 0.503 e. The molecule has 140 valence electrons. The Bertz CT molecular complexity index is 834. The lowest BCUT2D eigenvalue weighted by molar-refractivity contribution is -0.120. The van der Waals surface area contributed by atoms with Crippen LogP contribution < -0.4 is 15.2 Å². The molecular formula is C17H21N3O5S. The second kappa shape index (κ2) is 8.13. The molecule has 0 spiro atoms. The molecule has 1 unspecified atom stereocenters. The Hall–Kier alpha value is -2.68. The highest BCUT2D eigenvalue weighted by atomic mass is 32.1. The molecule has 0 bridgehead atoms. The van der Waals surface area contributed by atoms with Crippen molar-refractivity contribution in [1.29, 1.82) is 0 Å². The van der Waals surface area contributed by atoms with Gasteiger partial charge in [0, 0.05) is 11.3 Å². The Morgan fingerprint density at radius 2 is 1.92 bits per heavy atom. The van der Waals surface area contributed by atoms with Crippen molar-refractivity contribution in [3.8, 4) is 28.6 Å². The van der Waals surface area contributed by atoms with Gasteiger partial charge < -0.3 is 20.3 Å². The fraction of sp³-hybridized carbons (Fsp3) is 0.412. The molecule has 0 aromatic carbocycles. The normalized spacial score (nSPS) is 11.8. The van der Waals surface area contributed by atoms with Gasteiger partial charge in [-0.15, -0.1) is 11.3 Å². The summed E-state index contributed by atoms with van der Waals surface area (Å²) in [6.45, 7) is 3.45. The molecule has 8 nitrogen and oxygen atoms in total. The number of ketones is 1. The van der Waals surface area contributed by atoms with Crippen molar-refractivity contribution in [2.24, 2.45) is 11.7 Å². The van der Waals surface area contributed by atoms with Gasteiger partial charge in [0.05, 0.1) is 19.2 Å². The average Bonchev–Trinajstić information content (AvgIpc) is 3.07. The van der Waals surface area contributed by atoms with E-state index in [0.29, 0.717) is 18.5 Å². The van der Waals surface area contributed by atoms with Crippen molar-refractivity contribution in [3.63, 3.8) is 0 Å². The van der Waals surface area contributed by atoms with Crippen LogP contribution in [-0.2, 0) is 11.2 Å². The minimum atomic E-state index is -0.893. The SMILES string of the molecule is COc1c(-c2csc(CCC(C)C(C)=O)n2)nc(C(N)=O)c(O)c1OC. The predicted molar refractivity (Wildman–Crippen MR) is 96.8 cm³/mol. The molecule has 0 radical (unpaired) electrons. The van der Waals surface area contributed by atoms with Crippen LogP contribution in [0.25, 0.3) is 11.4 Å². The molecule has 0 fully saturated rings. The third-order valence-electron chi connectivity index (χ3n) is 4.01. The molecule has 0 aliphatic carbocycles. The van der Waals surface area contributed by atoms with Crippen molar-refractivity contribution in [2.75, 3.05) is 14.2 Å². The average molecular weight is 379 g/mol. The number of rotatable bonds is 8. The van der Waals surface area contributed by atoms with Gasteiger partial charge >= 0.3 is 0 Å². The number of carbonyl (C=O) groups is 2. The van der Waals surface area contributed by atoms with E-state index in [-0.39, 0.29) is 34.6 Å². The van der Waals surface area contributed by atoms with Gasteiger partial charge in [-0.05, 0) is 19.8 Å². The van der Waals surface area contributed by atoms with Gasteiger partial charge in [-0.3, -0.25) is 9.59 Å². The molecule has 2 aromatic heterocycles. The van der Waals surface area contributed by atoms with E-state index >= 15 is 0 Å². The number of nitrogens with zero attached hydrogens (tertiary/aromatic N) is 2. The van der Waals surface area contributed by atoms with Crippen LogP contribution >= 0.6 is 11.3 Å². The predicted octanol–water partition coefficient (Wildman–Crippen LogP) is 2.18. The van der Waals surface area contributed by atoms with E-state index in [9.17, 15) is 14.7 Å². The van der Waals surface area contributed by atoms with Crippen molar-refractivity contribution >= 4 is 23.0 Å². The summed E-state index contributed by atoms with van der Waals surface area (Å²) in [5, 5.41) is 12.7. The molecular weight excluding hydrogens is 358 g/mol. The van der Waals surface area contributed by atoms with E-state index in [1.54, 1.807) is 12.3 Å². The molecule has 0 aliphatic heterocycles. The maximum atomic E-state index is 11.6. The Kier molecular flexibility index (Phi) is 6.14. The maximum Gasteiger partial charge on any atom is 0.271 e. The lowest BCUT2D eigenvalue weighted by Gasteiger charge is -2.14. The molecule has 26 heavy (non-hydrogen) atoms. The number of nitrogens with two attached hydrogens (primary N) is 1. The molecule has 0 saturated carbocycles. The molecule has 1 atom stereocenters. The quantitative estimate of drug-likeness (QED) is 0.720. The number of ether oxygens (including phenoxy) is 2. The first-order valence-electron chi connectivity index (χ1n) is 7.90. The number of pyridine rings is 1. The smallest absolute Gasteiger partial charge is 0.271 e. The Morgan fingerprint density at radius 3 is 2.46 bits per heavy atom. The first-order valence-corrected chi connectivity index (χ1v) is 8.78. The first kappa shape index (κ1) is 19.6. The monoisotopic (exact) mass is 379 g/mol. The van der Waals surface area contributed by atoms with E-state index in [2.05, 4.69) is 9.97 Å². The van der Waals surface area contributed by atoms with Crippen molar-refractivity contribution in [3.05, 3.63) is 16.1 Å². The minimum absolute atomic E-state index is 0.0361. The number of amides is 1. The van der Waals surface area contributed by atoms with Gasteiger partial charge in [-0.25, -0.2) is 9.97 Å². The van der Waals surface area contributed by atoms with Gasteiger partial charge in [-0.1, -0.05) is 6.92 Å². The first-order chi connectivity index (χ1) is 12.3. The molecule has 3 N–H and O–H groups in total.